The van der Waals surface area contributed by atoms with Crippen LogP contribution >= 0.6 is 0 Å². The highest BCUT2D eigenvalue weighted by molar-refractivity contribution is 5.95. The predicted octanol–water partition coefficient (Wildman–Crippen LogP) is 3.51. The number of benzene rings is 1. The number of nitrogens with zero attached hydrogens (tertiary/aromatic N) is 1. The van der Waals surface area contributed by atoms with E-state index in [-0.39, 0.29) is 11.7 Å². The zero-order chi connectivity index (χ0) is 15.5. The van der Waals surface area contributed by atoms with Crippen molar-refractivity contribution < 1.29 is 4.39 Å². The monoisotopic (exact) mass is 291 g/mol. The average molecular weight is 291 g/mol. The van der Waals surface area contributed by atoms with Gasteiger partial charge in [0.2, 0.25) is 0 Å². The molecule has 0 bridgehead atoms. The number of likely N-dealkylation sites (tertiary alicyclic amines) is 1. The van der Waals surface area contributed by atoms with Gasteiger partial charge in [-0.05, 0) is 55.1 Å². The second-order valence-corrected chi connectivity index (χ2v) is 6.25. The number of hydrogen-bond donors (Lipinski definition) is 2. The summed E-state index contributed by atoms with van der Waals surface area (Å²) >= 11 is 0. The van der Waals surface area contributed by atoms with Crippen molar-refractivity contribution in [3.8, 4) is 0 Å². The Morgan fingerprint density at radius 3 is 2.38 bits per heavy atom. The van der Waals surface area contributed by atoms with Crippen molar-refractivity contribution in [2.75, 3.05) is 13.1 Å². The van der Waals surface area contributed by atoms with Crippen LogP contribution in [0, 0.1) is 16.6 Å². The molecule has 116 valence electrons. The topological polar surface area (TPSA) is 53.1 Å². The van der Waals surface area contributed by atoms with E-state index < -0.39 is 0 Å². The highest BCUT2D eigenvalue weighted by atomic mass is 19.1. The van der Waals surface area contributed by atoms with Gasteiger partial charge in [0.1, 0.15) is 11.7 Å². The number of hydrogen-bond acceptors (Lipinski definition) is 2. The van der Waals surface area contributed by atoms with Crippen LogP contribution in [0.15, 0.2) is 18.2 Å². The molecule has 0 atom stereocenters. The molecule has 1 aliphatic heterocycles. The van der Waals surface area contributed by atoms with Gasteiger partial charge in [0.15, 0.2) is 0 Å². The Bertz CT molecular complexity index is 499. The average Bonchev–Trinajstić information content (AvgIpc) is 2.48. The Labute approximate surface area is 126 Å². The van der Waals surface area contributed by atoms with E-state index in [0.29, 0.717) is 11.0 Å². The van der Waals surface area contributed by atoms with Gasteiger partial charge in [0, 0.05) is 12.1 Å². The minimum atomic E-state index is -0.314. The van der Waals surface area contributed by atoms with Crippen molar-refractivity contribution in [1.82, 2.24) is 4.90 Å². The first kappa shape index (κ1) is 16.0. The van der Waals surface area contributed by atoms with Crippen LogP contribution in [0.2, 0.25) is 0 Å². The van der Waals surface area contributed by atoms with Crippen molar-refractivity contribution in [3.05, 3.63) is 35.1 Å². The fourth-order valence-electron chi connectivity index (χ4n) is 3.30. The van der Waals surface area contributed by atoms with Gasteiger partial charge in [0.25, 0.3) is 0 Å². The molecular formula is C17H26FN3. The first-order valence-electron chi connectivity index (χ1n) is 7.84. The number of nitrogens with two attached hydrogens (primary N) is 1. The number of nitrogen functional groups attached to an aromatic ring is 1. The van der Waals surface area contributed by atoms with Gasteiger partial charge in [-0.25, -0.2) is 4.39 Å². The van der Waals surface area contributed by atoms with Gasteiger partial charge in [-0.15, -0.1) is 0 Å². The number of halogens is 1. The molecule has 1 aromatic rings. The highest BCUT2D eigenvalue weighted by Crippen LogP contribution is 2.38. The quantitative estimate of drug-likeness (QED) is 0.644. The number of piperidine rings is 1. The Hall–Kier alpha value is -1.42. The summed E-state index contributed by atoms with van der Waals surface area (Å²) in [5, 5.41) is 7.45. The summed E-state index contributed by atoms with van der Waals surface area (Å²) in [7, 11) is 0. The summed E-state index contributed by atoms with van der Waals surface area (Å²) in [6, 6.07) is 4.70. The van der Waals surface area contributed by atoms with E-state index in [9.17, 15) is 4.39 Å². The molecular weight excluding hydrogens is 265 g/mol. The van der Waals surface area contributed by atoms with Crippen molar-refractivity contribution in [2.45, 2.75) is 46.1 Å². The molecule has 0 aromatic heterocycles. The molecule has 3 N–H and O–H groups in total. The van der Waals surface area contributed by atoms with Gasteiger partial charge in [-0.3, -0.25) is 10.3 Å². The lowest BCUT2D eigenvalue weighted by molar-refractivity contribution is 0.0908. The first-order valence-corrected chi connectivity index (χ1v) is 7.84. The Kier molecular flexibility index (Phi) is 4.99. The zero-order valence-electron chi connectivity index (χ0n) is 13.1. The second-order valence-electron chi connectivity index (χ2n) is 6.25. The molecule has 0 aliphatic carbocycles. The molecule has 0 unspecified atom stereocenters. The Balaban J connectivity index is 2.02. The SMILES string of the molecule is CCC1(CC)CCN(Cc2cc(F)cc(C(=N)N)c2)CC1. The molecule has 0 spiro atoms. The Morgan fingerprint density at radius 2 is 1.86 bits per heavy atom. The smallest absolute Gasteiger partial charge is 0.124 e. The molecule has 2 rings (SSSR count). The summed E-state index contributed by atoms with van der Waals surface area (Å²) < 4.78 is 13.6. The third kappa shape index (κ3) is 3.82. The molecule has 1 heterocycles. The van der Waals surface area contributed by atoms with Crippen LogP contribution < -0.4 is 5.73 Å². The second kappa shape index (κ2) is 6.56. The van der Waals surface area contributed by atoms with Crippen LogP contribution in [0.5, 0.6) is 0 Å². The molecule has 0 amide bonds. The number of nitrogens with one attached hydrogen (secondary N) is 1. The van der Waals surface area contributed by atoms with Gasteiger partial charge in [-0.1, -0.05) is 26.7 Å². The van der Waals surface area contributed by atoms with E-state index in [1.807, 2.05) is 6.07 Å². The van der Waals surface area contributed by atoms with Gasteiger partial charge >= 0.3 is 0 Å². The molecule has 3 nitrogen and oxygen atoms in total. The maximum atomic E-state index is 13.6. The molecule has 21 heavy (non-hydrogen) atoms. The maximum absolute atomic E-state index is 13.6. The molecule has 1 fully saturated rings. The first-order chi connectivity index (χ1) is 9.98. The number of amidine groups is 1. The van der Waals surface area contributed by atoms with E-state index in [1.54, 1.807) is 6.07 Å². The zero-order valence-corrected chi connectivity index (χ0v) is 13.1. The molecule has 1 aromatic carbocycles. The fraction of sp³-hybridized carbons (Fsp3) is 0.588. The normalized spacial score (nSPS) is 18.6. The lowest BCUT2D eigenvalue weighted by Gasteiger charge is -2.41. The van der Waals surface area contributed by atoms with Crippen LogP contribution in [-0.4, -0.2) is 23.8 Å². The van der Waals surface area contributed by atoms with E-state index in [4.69, 9.17) is 11.1 Å². The van der Waals surface area contributed by atoms with Crippen molar-refractivity contribution in [2.24, 2.45) is 11.1 Å². The molecule has 1 aliphatic rings. The summed E-state index contributed by atoms with van der Waals surface area (Å²) in [5.74, 6) is -0.392. The lowest BCUT2D eigenvalue weighted by Crippen LogP contribution is -2.39. The van der Waals surface area contributed by atoms with Crippen LogP contribution in [0.3, 0.4) is 0 Å². The minimum absolute atomic E-state index is 0.0784. The van der Waals surface area contributed by atoms with Crippen LogP contribution in [-0.2, 0) is 6.54 Å². The van der Waals surface area contributed by atoms with Gasteiger partial charge in [0.05, 0.1) is 0 Å². The fourth-order valence-corrected chi connectivity index (χ4v) is 3.30. The lowest BCUT2D eigenvalue weighted by atomic mass is 9.74. The third-order valence-electron chi connectivity index (χ3n) is 5.09. The largest absolute Gasteiger partial charge is 0.384 e. The van der Waals surface area contributed by atoms with Crippen molar-refractivity contribution >= 4 is 5.84 Å². The molecule has 0 radical (unpaired) electrons. The Morgan fingerprint density at radius 1 is 1.24 bits per heavy atom. The minimum Gasteiger partial charge on any atom is -0.384 e. The summed E-state index contributed by atoms with van der Waals surface area (Å²) in [6.07, 6.45) is 4.92. The van der Waals surface area contributed by atoms with E-state index >= 15 is 0 Å². The van der Waals surface area contributed by atoms with E-state index in [2.05, 4.69) is 18.7 Å². The summed E-state index contributed by atoms with van der Waals surface area (Å²) in [5.41, 5.74) is 7.34. The van der Waals surface area contributed by atoms with Crippen molar-refractivity contribution in [3.63, 3.8) is 0 Å². The van der Waals surface area contributed by atoms with E-state index in [0.717, 1.165) is 25.2 Å². The third-order valence-corrected chi connectivity index (χ3v) is 5.09. The van der Waals surface area contributed by atoms with Gasteiger partial charge < -0.3 is 5.73 Å². The predicted molar refractivity (Wildman–Crippen MR) is 84.9 cm³/mol. The van der Waals surface area contributed by atoms with Crippen LogP contribution in [0.25, 0.3) is 0 Å². The van der Waals surface area contributed by atoms with Gasteiger partial charge in [-0.2, -0.15) is 0 Å². The summed E-state index contributed by atoms with van der Waals surface area (Å²) in [6.45, 7) is 7.43. The summed E-state index contributed by atoms with van der Waals surface area (Å²) in [4.78, 5) is 2.38. The maximum Gasteiger partial charge on any atom is 0.124 e. The van der Waals surface area contributed by atoms with E-state index in [1.165, 1.54) is 31.7 Å². The standard InChI is InChI=1S/C17H26FN3/c1-3-17(4-2)5-7-21(8-6-17)12-13-9-14(16(19)20)11-15(18)10-13/h9-11H,3-8,12H2,1-2H3,(H3,19,20). The van der Waals surface area contributed by atoms with Crippen molar-refractivity contribution in [1.29, 1.82) is 5.41 Å². The molecule has 1 saturated heterocycles. The van der Waals surface area contributed by atoms with Crippen LogP contribution in [0.1, 0.15) is 50.7 Å². The highest BCUT2D eigenvalue weighted by Gasteiger charge is 2.31. The molecule has 4 heteroatoms. The van der Waals surface area contributed by atoms with Crippen LogP contribution in [0.4, 0.5) is 4.39 Å². The molecule has 0 saturated carbocycles. The number of rotatable bonds is 5.